The van der Waals surface area contributed by atoms with Crippen molar-refractivity contribution in [2.45, 2.75) is 177 Å². The fraction of sp³-hybridized carbons (Fsp3) is 0.941. The van der Waals surface area contributed by atoms with Gasteiger partial charge in [0.2, 0.25) is 5.91 Å². The quantitative estimate of drug-likeness (QED) is 0.0693. The van der Waals surface area contributed by atoms with E-state index in [1.165, 1.54) is 76.0 Å². The number of amides is 1. The van der Waals surface area contributed by atoms with E-state index in [1.54, 1.807) is 13.2 Å². The van der Waals surface area contributed by atoms with Crippen molar-refractivity contribution in [1.82, 2.24) is 10.2 Å². The van der Waals surface area contributed by atoms with Crippen LogP contribution >= 0.6 is 23.4 Å². The molecule has 2 fully saturated rings. The van der Waals surface area contributed by atoms with Crippen LogP contribution in [-0.4, -0.2) is 94.2 Å². The molecule has 10 heteroatoms. The number of carbonyl (C=O) groups excluding carboxylic acids is 2. The van der Waals surface area contributed by atoms with E-state index in [1.807, 2.05) is 7.05 Å². The minimum atomic E-state index is -1.34. The summed E-state index contributed by atoms with van der Waals surface area (Å²) in [6, 6.07) is -1.01. The molecule has 2 aliphatic rings. The van der Waals surface area contributed by atoms with Gasteiger partial charge in [-0.3, -0.25) is 14.5 Å². The number of likely N-dealkylation sites (tertiary alicyclic amines) is 1. The number of hydrogen-bond donors (Lipinski definition) is 3. The third kappa shape index (κ3) is 13.3. The molecular weight excluding hydrogens is 600 g/mol. The van der Waals surface area contributed by atoms with Gasteiger partial charge in [-0.25, -0.2) is 0 Å². The average molecular weight is 663 g/mol. The molecule has 44 heavy (non-hydrogen) atoms. The SMILES string of the molecule is CCCCCCCCCCCCCCCC(=O)O[C@@H]1[C@@H](O)[C@@H](SC)OC(C(NC(=O)[C@@H]2C[C@@H](CCC)CN2C)[C@H](C)Cl)[C@@H]1O. The zero-order chi connectivity index (χ0) is 32.5. The predicted molar refractivity (Wildman–Crippen MR) is 181 cm³/mol. The van der Waals surface area contributed by atoms with E-state index in [4.69, 9.17) is 21.1 Å². The normalized spacial score (nSPS) is 29.0. The van der Waals surface area contributed by atoms with Crippen molar-refractivity contribution < 1.29 is 29.3 Å². The molecule has 9 atom stereocenters. The highest BCUT2D eigenvalue weighted by Gasteiger charge is 2.50. The Morgan fingerprint density at radius 3 is 2.05 bits per heavy atom. The van der Waals surface area contributed by atoms with Crippen LogP contribution in [0.15, 0.2) is 0 Å². The van der Waals surface area contributed by atoms with Gasteiger partial charge in [0.1, 0.15) is 23.7 Å². The first-order valence-corrected chi connectivity index (χ1v) is 19.2. The molecule has 258 valence electrons. The van der Waals surface area contributed by atoms with Crippen LogP contribution in [0.3, 0.4) is 0 Å². The maximum Gasteiger partial charge on any atom is 0.306 e. The lowest BCUT2D eigenvalue weighted by Crippen LogP contribution is -2.65. The molecule has 0 spiro atoms. The lowest BCUT2D eigenvalue weighted by atomic mass is 9.92. The van der Waals surface area contributed by atoms with Crippen molar-refractivity contribution in [2.75, 3.05) is 19.8 Å². The summed E-state index contributed by atoms with van der Waals surface area (Å²) in [5, 5.41) is 24.7. The second-order valence-electron chi connectivity index (χ2n) is 13.2. The Labute approximate surface area is 277 Å². The summed E-state index contributed by atoms with van der Waals surface area (Å²) in [6.07, 6.45) is 16.2. The van der Waals surface area contributed by atoms with Crippen molar-refractivity contribution in [3.05, 3.63) is 0 Å². The monoisotopic (exact) mass is 662 g/mol. The van der Waals surface area contributed by atoms with Crippen molar-refractivity contribution in [1.29, 1.82) is 0 Å². The number of likely N-dealkylation sites (N-methyl/N-ethyl adjacent to an activating group) is 1. The topological polar surface area (TPSA) is 108 Å². The number of hydrogen-bond acceptors (Lipinski definition) is 8. The van der Waals surface area contributed by atoms with Gasteiger partial charge in [-0.15, -0.1) is 23.4 Å². The van der Waals surface area contributed by atoms with Gasteiger partial charge in [0, 0.05) is 13.0 Å². The highest BCUT2D eigenvalue weighted by molar-refractivity contribution is 7.99. The number of nitrogens with one attached hydrogen (secondary N) is 1. The number of esters is 1. The molecule has 2 unspecified atom stereocenters. The van der Waals surface area contributed by atoms with Crippen LogP contribution in [0, 0.1) is 5.92 Å². The van der Waals surface area contributed by atoms with Gasteiger partial charge in [-0.1, -0.05) is 97.3 Å². The van der Waals surface area contributed by atoms with Crippen LogP contribution in [-0.2, 0) is 19.1 Å². The predicted octanol–water partition coefficient (Wildman–Crippen LogP) is 6.42. The molecule has 2 heterocycles. The lowest BCUT2D eigenvalue weighted by molar-refractivity contribution is -0.220. The molecule has 0 radical (unpaired) electrons. The Kier molecular flexibility index (Phi) is 19.9. The van der Waals surface area contributed by atoms with Crippen molar-refractivity contribution >= 4 is 35.2 Å². The second-order valence-corrected chi connectivity index (χ2v) is 14.8. The Morgan fingerprint density at radius 1 is 0.955 bits per heavy atom. The maximum atomic E-state index is 13.4. The fourth-order valence-electron chi connectivity index (χ4n) is 6.74. The number of ether oxygens (including phenoxy) is 2. The van der Waals surface area contributed by atoms with Crippen LogP contribution in [0.1, 0.15) is 130 Å². The van der Waals surface area contributed by atoms with Gasteiger partial charge in [0.05, 0.1) is 17.5 Å². The van der Waals surface area contributed by atoms with E-state index in [2.05, 4.69) is 24.1 Å². The van der Waals surface area contributed by atoms with Crippen LogP contribution in [0.4, 0.5) is 0 Å². The van der Waals surface area contributed by atoms with Crippen molar-refractivity contribution in [3.63, 3.8) is 0 Å². The van der Waals surface area contributed by atoms with Crippen LogP contribution in [0.2, 0.25) is 0 Å². The molecule has 0 aliphatic carbocycles. The average Bonchev–Trinajstić information content (AvgIpc) is 3.36. The number of carbonyl (C=O) groups is 2. The van der Waals surface area contributed by atoms with Crippen LogP contribution in [0.25, 0.3) is 0 Å². The smallest absolute Gasteiger partial charge is 0.306 e. The van der Waals surface area contributed by atoms with Gasteiger partial charge in [0.25, 0.3) is 0 Å². The van der Waals surface area contributed by atoms with E-state index in [-0.39, 0.29) is 18.4 Å². The molecule has 0 aromatic carbocycles. The molecule has 2 aliphatic heterocycles. The zero-order valence-electron chi connectivity index (χ0n) is 28.2. The number of alkyl halides is 1. The van der Waals surface area contributed by atoms with Gasteiger partial charge in [-0.2, -0.15) is 0 Å². The first-order chi connectivity index (χ1) is 21.1. The van der Waals surface area contributed by atoms with E-state index < -0.39 is 47.2 Å². The summed E-state index contributed by atoms with van der Waals surface area (Å²) >= 11 is 7.83. The maximum absolute atomic E-state index is 13.4. The number of halogens is 1. The number of nitrogens with zero attached hydrogens (tertiary/aromatic N) is 1. The number of unbranched alkanes of at least 4 members (excludes halogenated alkanes) is 12. The molecule has 8 nitrogen and oxygen atoms in total. The highest BCUT2D eigenvalue weighted by Crippen LogP contribution is 2.33. The molecule has 3 N–H and O–H groups in total. The molecule has 0 aromatic rings. The van der Waals surface area contributed by atoms with Gasteiger partial charge >= 0.3 is 5.97 Å². The van der Waals surface area contributed by atoms with E-state index in [0.717, 1.165) is 38.6 Å². The largest absolute Gasteiger partial charge is 0.457 e. The third-order valence-corrected chi connectivity index (χ3v) is 10.5. The molecule has 0 saturated carbocycles. The van der Waals surface area contributed by atoms with Gasteiger partial charge < -0.3 is 25.0 Å². The zero-order valence-corrected chi connectivity index (χ0v) is 29.8. The van der Waals surface area contributed by atoms with Gasteiger partial charge in [0.15, 0.2) is 6.10 Å². The Balaban J connectivity index is 1.82. The summed E-state index contributed by atoms with van der Waals surface area (Å²) in [5.74, 6) is -0.119. The molecule has 1 amide bonds. The molecule has 2 rings (SSSR count). The van der Waals surface area contributed by atoms with E-state index in [9.17, 15) is 19.8 Å². The van der Waals surface area contributed by atoms with Crippen molar-refractivity contribution in [3.8, 4) is 0 Å². The second kappa shape index (κ2) is 22.1. The first-order valence-electron chi connectivity index (χ1n) is 17.5. The minimum absolute atomic E-state index is 0.151. The number of thioether (sulfide) groups is 1. The summed E-state index contributed by atoms with van der Waals surface area (Å²) in [7, 11) is 1.96. The Morgan fingerprint density at radius 2 is 1.52 bits per heavy atom. The number of rotatable bonds is 22. The molecule has 0 bridgehead atoms. The minimum Gasteiger partial charge on any atom is -0.457 e. The fourth-order valence-corrected chi connectivity index (χ4v) is 7.62. The van der Waals surface area contributed by atoms with E-state index >= 15 is 0 Å². The standard InChI is InChI=1S/C34H63ClN2O6S/c1-6-8-9-10-11-12-13-14-15-16-17-18-19-21-27(38)42-32-29(39)31(43-34(44-5)30(32)40)28(24(3)35)36-33(41)26-22-25(20-7-2)23-37(26)4/h24-26,28-32,34,39-40H,6-23H2,1-5H3,(H,36,41)/t24-,25+,26-,28?,29-,30+,31?,32-,34+/m0/s1. The Hall–Kier alpha value is -0.580. The first kappa shape index (κ1) is 39.6. The highest BCUT2D eigenvalue weighted by atomic mass is 35.5. The molecule has 2 saturated heterocycles. The molecule has 0 aromatic heterocycles. The lowest BCUT2D eigenvalue weighted by Gasteiger charge is -2.45. The van der Waals surface area contributed by atoms with Crippen LogP contribution < -0.4 is 5.32 Å². The third-order valence-electron chi connectivity index (χ3n) is 9.36. The van der Waals surface area contributed by atoms with E-state index in [0.29, 0.717) is 12.3 Å². The summed E-state index contributed by atoms with van der Waals surface area (Å²) in [4.78, 5) is 28.2. The number of aliphatic hydroxyl groups excluding tert-OH is 2. The van der Waals surface area contributed by atoms with Gasteiger partial charge in [-0.05, 0) is 45.4 Å². The summed E-state index contributed by atoms with van der Waals surface area (Å²) in [6.45, 7) is 7.02. The summed E-state index contributed by atoms with van der Waals surface area (Å²) < 4.78 is 11.8. The van der Waals surface area contributed by atoms with Crippen LogP contribution in [0.5, 0.6) is 0 Å². The Bertz CT molecular complexity index is 808. The summed E-state index contributed by atoms with van der Waals surface area (Å²) in [5.41, 5.74) is -0.740. The van der Waals surface area contributed by atoms with Crippen molar-refractivity contribution in [2.24, 2.45) is 5.92 Å². The molecular formula is C34H63ClN2O6S. The number of aliphatic hydroxyl groups is 2.